The molecule has 1 fully saturated rings. The first-order valence-corrected chi connectivity index (χ1v) is 12.3. The first-order chi connectivity index (χ1) is 17.4. The van der Waals surface area contributed by atoms with E-state index in [2.05, 4.69) is 27.3 Å². The van der Waals surface area contributed by atoms with E-state index in [1.807, 2.05) is 11.8 Å². The van der Waals surface area contributed by atoms with Crippen LogP contribution in [0, 0.1) is 17.7 Å². The zero-order valence-corrected chi connectivity index (χ0v) is 21.3. The number of alkyl halides is 3. The van der Waals surface area contributed by atoms with Crippen LogP contribution in [-0.2, 0) is 5.60 Å². The average Bonchev–Trinajstić information content (AvgIpc) is 3.39. The molecule has 1 aliphatic rings. The van der Waals surface area contributed by atoms with E-state index in [9.17, 15) is 22.7 Å². The highest BCUT2D eigenvalue weighted by Gasteiger charge is 2.36. The van der Waals surface area contributed by atoms with Crippen LogP contribution in [-0.4, -0.2) is 56.6 Å². The van der Waals surface area contributed by atoms with E-state index in [0.29, 0.717) is 24.5 Å². The van der Waals surface area contributed by atoms with Crippen LogP contribution in [0.1, 0.15) is 46.2 Å². The van der Waals surface area contributed by atoms with Crippen LogP contribution in [0.5, 0.6) is 5.75 Å². The minimum Gasteiger partial charge on any atom is -0.480 e. The first kappa shape index (κ1) is 26.9. The highest BCUT2D eigenvalue weighted by atomic mass is 19.4. The van der Waals surface area contributed by atoms with Gasteiger partial charge in [-0.2, -0.15) is 18.2 Å². The Morgan fingerprint density at radius 2 is 1.97 bits per heavy atom. The van der Waals surface area contributed by atoms with E-state index >= 15 is 0 Å². The summed E-state index contributed by atoms with van der Waals surface area (Å²) in [5.41, 5.74) is -0.417. The van der Waals surface area contributed by atoms with Crippen molar-refractivity contribution >= 4 is 17.3 Å². The second-order valence-electron chi connectivity index (χ2n) is 10.1. The van der Waals surface area contributed by atoms with Gasteiger partial charge in [0.05, 0.1) is 17.6 Å². The van der Waals surface area contributed by atoms with Gasteiger partial charge in [-0.25, -0.2) is 8.91 Å². The van der Waals surface area contributed by atoms with Crippen molar-refractivity contribution in [2.24, 2.45) is 11.8 Å². The number of aliphatic hydroxyl groups is 1. The zero-order valence-electron chi connectivity index (χ0n) is 21.3. The summed E-state index contributed by atoms with van der Waals surface area (Å²) >= 11 is 0. The van der Waals surface area contributed by atoms with Crippen LogP contribution < -0.4 is 15.0 Å². The van der Waals surface area contributed by atoms with Crippen LogP contribution in [0.15, 0.2) is 30.6 Å². The molecule has 0 radical (unpaired) electrons. The molecule has 37 heavy (non-hydrogen) atoms. The summed E-state index contributed by atoms with van der Waals surface area (Å²) in [6.07, 6.45) is 0.0990. The number of pyridine rings is 2. The van der Waals surface area contributed by atoms with E-state index < -0.39 is 18.4 Å². The monoisotopic (exact) mass is 524 g/mol. The number of hydrogen-bond acceptors (Lipinski definition) is 7. The molecule has 0 bridgehead atoms. The van der Waals surface area contributed by atoms with Crippen LogP contribution in [0.25, 0.3) is 5.65 Å². The largest absolute Gasteiger partial charge is 0.480 e. The molecule has 4 rings (SSSR count). The number of halogens is 4. The maximum absolute atomic E-state index is 14.4. The minimum absolute atomic E-state index is 0.0542. The summed E-state index contributed by atoms with van der Waals surface area (Å²) in [6.45, 7) is 6.92. The Hall–Kier alpha value is -3.15. The minimum atomic E-state index is -4.51. The lowest BCUT2D eigenvalue weighted by Crippen LogP contribution is -2.38. The Morgan fingerprint density at radius 1 is 1.22 bits per heavy atom. The van der Waals surface area contributed by atoms with E-state index in [0.717, 1.165) is 12.8 Å². The van der Waals surface area contributed by atoms with Gasteiger partial charge < -0.3 is 20.1 Å². The van der Waals surface area contributed by atoms with Gasteiger partial charge in [-0.3, -0.25) is 4.98 Å². The van der Waals surface area contributed by atoms with Crippen molar-refractivity contribution in [1.82, 2.24) is 19.6 Å². The standard InChI is InChI=1S/C25H32F4N6O2/c1-5-34(18-10-11-30-12-17(18)26)13-16-7-6-15(2)21(16)31-23-32-22-19(37-14-25(27,28)29)8-9-20(24(3,4)36)35(22)33-23/h8-12,15-16,21,36H,5-7,13-14H2,1-4H3,(H,31,33)/t15-,16-,21+/m0/s1. The van der Waals surface area contributed by atoms with Crippen molar-refractivity contribution in [1.29, 1.82) is 0 Å². The summed E-state index contributed by atoms with van der Waals surface area (Å²) in [5, 5.41) is 18.4. The molecule has 0 saturated heterocycles. The van der Waals surface area contributed by atoms with Crippen LogP contribution in [0.3, 0.4) is 0 Å². The highest BCUT2D eigenvalue weighted by molar-refractivity contribution is 5.57. The third-order valence-corrected chi connectivity index (χ3v) is 6.80. The van der Waals surface area contributed by atoms with Gasteiger partial charge in [0.1, 0.15) is 5.60 Å². The second-order valence-corrected chi connectivity index (χ2v) is 10.1. The molecule has 3 aromatic heterocycles. The second kappa shape index (κ2) is 10.3. The number of rotatable bonds is 9. The molecule has 0 unspecified atom stereocenters. The van der Waals surface area contributed by atoms with Crippen molar-refractivity contribution in [3.8, 4) is 5.75 Å². The third-order valence-electron chi connectivity index (χ3n) is 6.80. The molecule has 0 aromatic carbocycles. The lowest BCUT2D eigenvalue weighted by atomic mass is 9.98. The molecule has 3 aromatic rings. The maximum atomic E-state index is 14.4. The molecule has 8 nitrogen and oxygen atoms in total. The maximum Gasteiger partial charge on any atom is 0.422 e. The summed E-state index contributed by atoms with van der Waals surface area (Å²) in [5.74, 6) is 0.145. The summed E-state index contributed by atoms with van der Waals surface area (Å²) < 4.78 is 59.1. The lowest BCUT2D eigenvalue weighted by molar-refractivity contribution is -0.153. The summed E-state index contributed by atoms with van der Waals surface area (Å²) in [7, 11) is 0. The number of nitrogens with zero attached hydrogens (tertiary/aromatic N) is 5. The Bertz CT molecular complexity index is 1230. The first-order valence-electron chi connectivity index (χ1n) is 12.3. The predicted molar refractivity (Wildman–Crippen MR) is 131 cm³/mol. The van der Waals surface area contributed by atoms with E-state index in [1.165, 1.54) is 22.8 Å². The Balaban J connectivity index is 1.62. The van der Waals surface area contributed by atoms with Gasteiger partial charge in [0.25, 0.3) is 0 Å². The molecule has 12 heteroatoms. The van der Waals surface area contributed by atoms with Gasteiger partial charge in [-0.1, -0.05) is 6.92 Å². The SMILES string of the molecule is CCN(C[C@@H]1CC[C@H](C)[C@H]1Nc1nc2c(OCC(F)(F)F)ccc(C(C)(C)O)n2n1)c1ccncc1F. The third kappa shape index (κ3) is 6.06. The van der Waals surface area contributed by atoms with Gasteiger partial charge in [-0.05, 0) is 63.6 Å². The molecule has 0 spiro atoms. The Kier molecular flexibility index (Phi) is 7.50. The fourth-order valence-electron chi connectivity index (χ4n) is 4.96. The number of anilines is 2. The van der Waals surface area contributed by atoms with E-state index in [-0.39, 0.29) is 41.0 Å². The van der Waals surface area contributed by atoms with Crippen molar-refractivity contribution in [2.45, 2.75) is 58.4 Å². The normalized spacial score (nSPS) is 20.4. The van der Waals surface area contributed by atoms with Crippen molar-refractivity contribution in [3.05, 3.63) is 42.1 Å². The van der Waals surface area contributed by atoms with Gasteiger partial charge in [0.2, 0.25) is 5.95 Å². The van der Waals surface area contributed by atoms with Crippen LogP contribution in [0.2, 0.25) is 0 Å². The smallest absolute Gasteiger partial charge is 0.422 e. The molecular weight excluding hydrogens is 492 g/mol. The van der Waals surface area contributed by atoms with Crippen molar-refractivity contribution in [2.75, 3.05) is 29.9 Å². The molecule has 202 valence electrons. The van der Waals surface area contributed by atoms with E-state index in [1.54, 1.807) is 26.1 Å². The van der Waals surface area contributed by atoms with Gasteiger partial charge in [0, 0.05) is 25.3 Å². The molecule has 1 aliphatic carbocycles. The summed E-state index contributed by atoms with van der Waals surface area (Å²) in [6, 6.07) is 4.43. The number of aromatic nitrogens is 4. The predicted octanol–water partition coefficient (Wildman–Crippen LogP) is 4.79. The van der Waals surface area contributed by atoms with Crippen molar-refractivity contribution < 1.29 is 27.4 Å². The van der Waals surface area contributed by atoms with Gasteiger partial charge >= 0.3 is 6.18 Å². The molecule has 0 aliphatic heterocycles. The van der Waals surface area contributed by atoms with Crippen LogP contribution in [0.4, 0.5) is 29.2 Å². The Labute approximate surface area is 212 Å². The number of ether oxygens (including phenoxy) is 1. The Morgan fingerprint density at radius 3 is 2.62 bits per heavy atom. The number of nitrogens with one attached hydrogen (secondary N) is 1. The van der Waals surface area contributed by atoms with Gasteiger partial charge in [-0.15, -0.1) is 5.10 Å². The molecule has 1 saturated carbocycles. The molecule has 3 atom stereocenters. The summed E-state index contributed by atoms with van der Waals surface area (Å²) in [4.78, 5) is 10.3. The number of hydrogen-bond donors (Lipinski definition) is 2. The molecule has 0 amide bonds. The molecule has 3 heterocycles. The lowest BCUT2D eigenvalue weighted by Gasteiger charge is -2.31. The fraction of sp³-hybridized carbons (Fsp3) is 0.560. The van der Waals surface area contributed by atoms with Gasteiger partial charge in [0.15, 0.2) is 23.8 Å². The topological polar surface area (TPSA) is 87.8 Å². The van der Waals surface area contributed by atoms with Crippen molar-refractivity contribution in [3.63, 3.8) is 0 Å². The quantitative estimate of drug-likeness (QED) is 0.390. The fourth-order valence-corrected chi connectivity index (χ4v) is 4.96. The zero-order chi connectivity index (χ0) is 27.0. The molecule has 2 N–H and O–H groups in total. The average molecular weight is 525 g/mol. The number of fused-ring (bicyclic) bond motifs is 1. The van der Waals surface area contributed by atoms with Crippen LogP contribution >= 0.6 is 0 Å². The van der Waals surface area contributed by atoms with E-state index in [4.69, 9.17) is 4.74 Å². The molecular formula is C25H32F4N6O2. The highest BCUT2D eigenvalue weighted by Crippen LogP contribution is 2.36.